The number of hydrogen-bond acceptors (Lipinski definition) is 1. The van der Waals surface area contributed by atoms with Crippen LogP contribution in [-0.2, 0) is 30.2 Å². The Kier molecular flexibility index (Phi) is 7.80. The van der Waals surface area contributed by atoms with Gasteiger partial charge in [0.25, 0.3) is 5.82 Å². The Hall–Kier alpha value is -2.15. The molecule has 5 heteroatoms. The Morgan fingerprint density at radius 1 is 1.04 bits per heavy atom. The summed E-state index contributed by atoms with van der Waals surface area (Å²) in [5.74, 6) is 0.950. The summed E-state index contributed by atoms with van der Waals surface area (Å²) in [6, 6.07) is 19.8. The van der Waals surface area contributed by atoms with Crippen molar-refractivity contribution >= 4 is 5.91 Å². The van der Waals surface area contributed by atoms with Gasteiger partial charge in [-0.25, -0.2) is 9.13 Å². The maximum absolute atomic E-state index is 12.9. The molecule has 0 aliphatic heterocycles. The highest BCUT2D eigenvalue weighted by Crippen LogP contribution is 2.36. The largest absolute Gasteiger partial charge is 1.00 e. The number of amides is 1. The van der Waals surface area contributed by atoms with E-state index in [2.05, 4.69) is 35.5 Å². The molecule has 3 aromatic rings. The minimum Gasteiger partial charge on any atom is -1.00 e. The number of rotatable bonds is 8. The molecule has 0 aliphatic carbocycles. The lowest BCUT2D eigenvalue weighted by atomic mass is 9.71. The van der Waals surface area contributed by atoms with Gasteiger partial charge in [0, 0.05) is 12.8 Å². The van der Waals surface area contributed by atoms with E-state index in [4.69, 9.17) is 5.73 Å². The average Bonchev–Trinajstić information content (AvgIpc) is 3.04. The molecule has 1 amide bonds. The molecule has 0 spiro atoms. The van der Waals surface area contributed by atoms with Gasteiger partial charge in [-0.2, -0.15) is 0 Å². The highest BCUT2D eigenvalue weighted by atomic mass is 127. The maximum atomic E-state index is 12.9. The van der Waals surface area contributed by atoms with E-state index in [-0.39, 0.29) is 29.9 Å². The molecule has 2 aromatic carbocycles. The predicted octanol–water partition coefficient (Wildman–Crippen LogP) is 0.131. The van der Waals surface area contributed by atoms with E-state index in [9.17, 15) is 4.79 Å². The monoisotopic (exact) mass is 489 g/mol. The summed E-state index contributed by atoms with van der Waals surface area (Å²) in [6.07, 6.45) is 6.86. The van der Waals surface area contributed by atoms with Crippen LogP contribution in [0.1, 0.15) is 36.7 Å². The van der Waals surface area contributed by atoms with Crippen molar-refractivity contribution < 1.29 is 33.3 Å². The Bertz CT molecular complexity index is 851. The Balaban J connectivity index is 0.00000280. The molecular formula is C23H28IN3O. The second kappa shape index (κ2) is 9.87. The molecule has 2 N–H and O–H groups in total. The topological polar surface area (TPSA) is 51.9 Å². The van der Waals surface area contributed by atoms with E-state index in [1.165, 1.54) is 5.82 Å². The normalized spacial score (nSPS) is 11.1. The summed E-state index contributed by atoms with van der Waals surface area (Å²) >= 11 is 0. The van der Waals surface area contributed by atoms with Crippen LogP contribution in [-0.4, -0.2) is 10.5 Å². The molecule has 3 rings (SSSR count). The van der Waals surface area contributed by atoms with Gasteiger partial charge in [0.1, 0.15) is 17.8 Å². The molecule has 28 heavy (non-hydrogen) atoms. The maximum Gasteiger partial charge on any atom is 0.256 e. The number of nitrogens with zero attached hydrogens (tertiary/aromatic N) is 2. The van der Waals surface area contributed by atoms with Crippen LogP contribution in [0.15, 0.2) is 73.1 Å². The average molecular weight is 489 g/mol. The number of nitrogens with two attached hydrogens (primary N) is 1. The van der Waals surface area contributed by atoms with E-state index in [0.717, 1.165) is 30.5 Å². The van der Waals surface area contributed by atoms with Gasteiger partial charge in [0.05, 0.1) is 13.6 Å². The minimum absolute atomic E-state index is 0. The van der Waals surface area contributed by atoms with Crippen LogP contribution in [0.5, 0.6) is 0 Å². The first-order valence-corrected chi connectivity index (χ1v) is 9.54. The number of aromatic nitrogens is 2. The number of imidazole rings is 1. The van der Waals surface area contributed by atoms with Crippen molar-refractivity contribution in [3.8, 4) is 0 Å². The molecule has 0 bridgehead atoms. The first kappa shape index (κ1) is 22.1. The minimum atomic E-state index is -0.852. The van der Waals surface area contributed by atoms with Crippen LogP contribution in [0.3, 0.4) is 0 Å². The number of carbonyl (C=O) groups excluding carboxylic acids is 1. The zero-order valence-corrected chi connectivity index (χ0v) is 18.7. The molecule has 0 atom stereocenters. The highest BCUT2D eigenvalue weighted by molar-refractivity contribution is 5.90. The molecular weight excluding hydrogens is 461 g/mol. The van der Waals surface area contributed by atoms with E-state index in [1.807, 2.05) is 60.7 Å². The van der Waals surface area contributed by atoms with Gasteiger partial charge in [0.15, 0.2) is 0 Å². The summed E-state index contributed by atoms with van der Waals surface area (Å²) < 4.78 is 4.40. The smallest absolute Gasteiger partial charge is 0.256 e. The Morgan fingerprint density at radius 2 is 1.57 bits per heavy atom. The fraction of sp³-hybridized carbons (Fsp3) is 0.304. The molecule has 0 aliphatic rings. The summed E-state index contributed by atoms with van der Waals surface area (Å²) in [7, 11) is 2.07. The summed E-state index contributed by atoms with van der Waals surface area (Å²) in [4.78, 5) is 12.9. The fourth-order valence-electron chi connectivity index (χ4n) is 3.90. The Labute approximate surface area is 184 Å². The third-order valence-corrected chi connectivity index (χ3v) is 5.36. The zero-order chi connectivity index (χ0) is 19.3. The molecule has 1 heterocycles. The number of hydrogen-bond donors (Lipinski definition) is 1. The SMILES string of the molecule is CCCc1n(CCC(C(N)=O)(c2ccccc2)c2ccccc2)cc[n+]1C.[I-]. The van der Waals surface area contributed by atoms with Crippen molar-refractivity contribution in [2.75, 3.05) is 0 Å². The predicted molar refractivity (Wildman–Crippen MR) is 107 cm³/mol. The second-order valence-electron chi connectivity index (χ2n) is 7.02. The van der Waals surface area contributed by atoms with Crippen molar-refractivity contribution in [2.45, 2.75) is 38.1 Å². The first-order valence-electron chi connectivity index (χ1n) is 9.54. The van der Waals surface area contributed by atoms with Crippen molar-refractivity contribution in [1.29, 1.82) is 0 Å². The van der Waals surface area contributed by atoms with Gasteiger partial charge in [-0.1, -0.05) is 67.6 Å². The van der Waals surface area contributed by atoms with Crippen LogP contribution in [0, 0.1) is 0 Å². The third kappa shape index (κ3) is 4.29. The van der Waals surface area contributed by atoms with Crippen molar-refractivity contribution in [3.05, 3.63) is 90.0 Å². The summed E-state index contributed by atoms with van der Waals surface area (Å²) in [5, 5.41) is 0. The molecule has 4 nitrogen and oxygen atoms in total. The lowest BCUT2D eigenvalue weighted by molar-refractivity contribution is -0.678. The standard InChI is InChI=1S/C23H27N3O.HI/c1-3-10-21-25(2)17-18-26(21)16-15-23(22(24)27,19-11-6-4-7-12-19)20-13-8-5-9-14-20;/h4-9,11-14,17-18H,3,10,15-16H2,1-2H3,(H-,24,27);1H. The van der Waals surface area contributed by atoms with E-state index >= 15 is 0 Å². The van der Waals surface area contributed by atoms with Crippen LogP contribution in [0.4, 0.5) is 0 Å². The van der Waals surface area contributed by atoms with E-state index < -0.39 is 5.41 Å². The molecule has 0 radical (unpaired) electrons. The third-order valence-electron chi connectivity index (χ3n) is 5.36. The number of primary amides is 1. The number of benzene rings is 2. The van der Waals surface area contributed by atoms with Crippen molar-refractivity contribution in [2.24, 2.45) is 12.8 Å². The zero-order valence-electron chi connectivity index (χ0n) is 16.5. The van der Waals surface area contributed by atoms with Crippen LogP contribution in [0.25, 0.3) is 0 Å². The molecule has 0 saturated heterocycles. The highest BCUT2D eigenvalue weighted by Gasteiger charge is 2.41. The second-order valence-corrected chi connectivity index (χ2v) is 7.02. The number of aryl methyl sites for hydroxylation is 2. The molecule has 148 valence electrons. The van der Waals surface area contributed by atoms with Crippen molar-refractivity contribution in [3.63, 3.8) is 0 Å². The van der Waals surface area contributed by atoms with Gasteiger partial charge < -0.3 is 29.7 Å². The first-order chi connectivity index (χ1) is 13.1. The quantitative estimate of drug-likeness (QED) is 0.355. The molecule has 0 fully saturated rings. The molecule has 0 unspecified atom stereocenters. The van der Waals surface area contributed by atoms with Gasteiger partial charge in [-0.05, 0) is 17.5 Å². The molecule has 1 aromatic heterocycles. The fourth-order valence-corrected chi connectivity index (χ4v) is 3.90. The summed E-state index contributed by atoms with van der Waals surface area (Å²) in [6.45, 7) is 2.90. The lowest BCUT2D eigenvalue weighted by Crippen LogP contribution is -3.00. The van der Waals surface area contributed by atoms with Gasteiger partial charge in [-0.3, -0.25) is 4.79 Å². The Morgan fingerprint density at radius 3 is 2.04 bits per heavy atom. The molecule has 0 saturated carbocycles. The van der Waals surface area contributed by atoms with E-state index in [0.29, 0.717) is 6.42 Å². The van der Waals surface area contributed by atoms with E-state index in [1.54, 1.807) is 0 Å². The lowest BCUT2D eigenvalue weighted by Gasteiger charge is -2.31. The van der Waals surface area contributed by atoms with Gasteiger partial charge in [-0.15, -0.1) is 0 Å². The van der Waals surface area contributed by atoms with Crippen molar-refractivity contribution in [1.82, 2.24) is 4.57 Å². The van der Waals surface area contributed by atoms with Gasteiger partial charge in [0.2, 0.25) is 5.91 Å². The van der Waals surface area contributed by atoms with Crippen LogP contribution >= 0.6 is 0 Å². The van der Waals surface area contributed by atoms with Gasteiger partial charge >= 0.3 is 0 Å². The van der Waals surface area contributed by atoms with Crippen LogP contribution in [0.2, 0.25) is 0 Å². The van der Waals surface area contributed by atoms with Crippen LogP contribution < -0.4 is 34.3 Å². The number of carbonyl (C=O) groups is 1. The number of halogens is 1. The summed E-state index contributed by atoms with van der Waals surface area (Å²) in [5.41, 5.74) is 7.08.